The second kappa shape index (κ2) is 12.7. The summed E-state index contributed by atoms with van der Waals surface area (Å²) in [5.74, 6) is 1.69. The molecule has 1 aliphatic heterocycles. The van der Waals surface area contributed by atoms with Crippen LogP contribution >= 0.6 is 0 Å². The third-order valence-corrected chi connectivity index (χ3v) is 13.6. The standard InChI is InChI=1S/C58H43NO/c1-57(2)51-20-12-10-18-44(51)46-27-23-40(33-53(46)57)59(41-24-28-47-45-19-11-13-21-52(45)58(3,4)54(47)34-41)42-25-29-48-49-30-39(36-14-6-5-7-15-36)22-26-43(49)50-31-37-16-8-9-17-38(37)32-55(50)60-56(48)35-42/h5-35H,1-4H3. The van der Waals surface area contributed by atoms with Crippen LogP contribution in [0.3, 0.4) is 0 Å². The van der Waals surface area contributed by atoms with Crippen molar-refractivity contribution >= 4 is 27.8 Å². The van der Waals surface area contributed by atoms with Crippen LogP contribution in [-0.4, -0.2) is 0 Å². The summed E-state index contributed by atoms with van der Waals surface area (Å²) in [7, 11) is 0. The molecule has 0 aromatic heterocycles. The van der Waals surface area contributed by atoms with Gasteiger partial charge in [-0.3, -0.25) is 0 Å². The monoisotopic (exact) mass is 769 g/mol. The number of ether oxygens (including phenoxy) is 1. The third kappa shape index (κ3) is 5.07. The first kappa shape index (κ1) is 34.8. The number of benzene rings is 9. The van der Waals surface area contributed by atoms with Gasteiger partial charge in [0.1, 0.15) is 11.5 Å². The van der Waals surface area contributed by atoms with Crippen molar-refractivity contribution in [1.82, 2.24) is 0 Å². The average Bonchev–Trinajstić information content (AvgIpc) is 3.59. The van der Waals surface area contributed by atoms with E-state index >= 15 is 0 Å². The number of fused-ring (bicyclic) bond motifs is 12. The van der Waals surface area contributed by atoms with Crippen molar-refractivity contribution in [2.24, 2.45) is 0 Å². The Kier molecular flexibility index (Phi) is 7.36. The Hall–Kier alpha value is -7.16. The highest BCUT2D eigenvalue weighted by atomic mass is 16.5. The van der Waals surface area contributed by atoms with Crippen molar-refractivity contribution in [2.45, 2.75) is 38.5 Å². The van der Waals surface area contributed by atoms with Crippen molar-refractivity contribution in [1.29, 1.82) is 0 Å². The molecule has 0 bridgehead atoms. The summed E-state index contributed by atoms with van der Waals surface area (Å²) < 4.78 is 7.17. The third-order valence-electron chi connectivity index (χ3n) is 13.6. The molecular weight excluding hydrogens is 727 g/mol. The van der Waals surface area contributed by atoms with E-state index in [0.717, 1.165) is 50.6 Å². The lowest BCUT2D eigenvalue weighted by Crippen LogP contribution is -2.18. The van der Waals surface area contributed by atoms with Crippen LogP contribution in [0.1, 0.15) is 49.9 Å². The molecule has 0 amide bonds. The van der Waals surface area contributed by atoms with Crippen molar-refractivity contribution in [2.75, 3.05) is 4.90 Å². The fraction of sp³-hybridized carbons (Fsp3) is 0.103. The molecular formula is C58H43NO. The van der Waals surface area contributed by atoms with Gasteiger partial charge in [0.15, 0.2) is 0 Å². The molecule has 0 unspecified atom stereocenters. The molecule has 9 aromatic carbocycles. The molecule has 2 aliphatic carbocycles. The van der Waals surface area contributed by atoms with Crippen LogP contribution in [-0.2, 0) is 10.8 Å². The fourth-order valence-corrected chi connectivity index (χ4v) is 10.5. The zero-order chi connectivity index (χ0) is 40.3. The summed E-state index contributed by atoms with van der Waals surface area (Å²) in [6, 6.07) is 69.3. The van der Waals surface area contributed by atoms with E-state index in [4.69, 9.17) is 4.74 Å². The molecule has 2 nitrogen and oxygen atoms in total. The number of anilines is 3. The summed E-state index contributed by atoms with van der Waals surface area (Å²) >= 11 is 0. The van der Waals surface area contributed by atoms with Gasteiger partial charge in [-0.15, -0.1) is 0 Å². The molecule has 0 radical (unpaired) electrons. The van der Waals surface area contributed by atoms with E-state index in [1.165, 1.54) is 66.6 Å². The van der Waals surface area contributed by atoms with Crippen molar-refractivity contribution < 1.29 is 4.74 Å². The molecule has 2 heteroatoms. The van der Waals surface area contributed by atoms with E-state index in [9.17, 15) is 0 Å². The molecule has 0 saturated heterocycles. The predicted molar refractivity (Wildman–Crippen MR) is 250 cm³/mol. The van der Waals surface area contributed by atoms with Crippen LogP contribution in [0.2, 0.25) is 0 Å². The summed E-state index contributed by atoms with van der Waals surface area (Å²) in [6.45, 7) is 9.44. The molecule has 0 spiro atoms. The SMILES string of the molecule is CC1(C)c2ccccc2-c2ccc(N(c3ccc4c(c3)Oc3cc5ccccc5cc3-c3ccc(-c5ccccc5)cc3-4)c3ccc4c(c3)C(C)(C)c3ccccc3-4)cc21. The lowest BCUT2D eigenvalue weighted by molar-refractivity contribution is 0.488. The first-order valence-corrected chi connectivity index (χ1v) is 21.1. The molecule has 0 N–H and O–H groups in total. The highest BCUT2D eigenvalue weighted by Gasteiger charge is 2.38. The van der Waals surface area contributed by atoms with Crippen molar-refractivity contribution in [3.63, 3.8) is 0 Å². The Morgan fingerprint density at radius 2 is 0.800 bits per heavy atom. The van der Waals surface area contributed by atoms with Gasteiger partial charge in [0.25, 0.3) is 0 Å². The van der Waals surface area contributed by atoms with Gasteiger partial charge < -0.3 is 9.64 Å². The van der Waals surface area contributed by atoms with Crippen LogP contribution in [0.15, 0.2) is 188 Å². The summed E-state index contributed by atoms with van der Waals surface area (Å²) in [6.07, 6.45) is 0. The second-order valence-corrected chi connectivity index (χ2v) is 17.7. The van der Waals surface area contributed by atoms with E-state index in [-0.39, 0.29) is 10.8 Å². The Morgan fingerprint density at radius 1 is 0.317 bits per heavy atom. The summed E-state index contributed by atoms with van der Waals surface area (Å²) in [5, 5.41) is 2.35. The first-order valence-electron chi connectivity index (χ1n) is 21.1. The van der Waals surface area contributed by atoms with E-state index in [2.05, 4.69) is 221 Å². The van der Waals surface area contributed by atoms with Gasteiger partial charge in [-0.2, -0.15) is 0 Å². The first-order chi connectivity index (χ1) is 29.2. The molecule has 0 fully saturated rings. The minimum absolute atomic E-state index is 0.140. The molecule has 0 saturated carbocycles. The van der Waals surface area contributed by atoms with Gasteiger partial charge in [-0.05, 0) is 132 Å². The van der Waals surface area contributed by atoms with Crippen molar-refractivity contribution in [3.8, 4) is 67.1 Å². The fourth-order valence-electron chi connectivity index (χ4n) is 10.5. The number of rotatable bonds is 4. The van der Waals surface area contributed by atoms with Crippen molar-refractivity contribution in [3.05, 3.63) is 210 Å². The smallest absolute Gasteiger partial charge is 0.137 e. The number of nitrogens with zero attached hydrogens (tertiary/aromatic N) is 1. The van der Waals surface area contributed by atoms with Crippen LogP contribution in [0.5, 0.6) is 11.5 Å². The van der Waals surface area contributed by atoms with Gasteiger partial charge in [-0.1, -0.05) is 155 Å². The summed E-state index contributed by atoms with van der Waals surface area (Å²) in [4.78, 5) is 2.44. The van der Waals surface area contributed by atoms with Crippen LogP contribution in [0.25, 0.3) is 66.4 Å². The Bertz CT molecular complexity index is 3140. The maximum absolute atomic E-state index is 7.17. The molecule has 9 aromatic rings. The van der Waals surface area contributed by atoms with E-state index in [1.54, 1.807) is 0 Å². The second-order valence-electron chi connectivity index (χ2n) is 17.7. The van der Waals surface area contributed by atoms with Crippen LogP contribution < -0.4 is 9.64 Å². The van der Waals surface area contributed by atoms with Gasteiger partial charge in [0.2, 0.25) is 0 Å². The number of hydrogen-bond acceptors (Lipinski definition) is 2. The van der Waals surface area contributed by atoms with Gasteiger partial charge in [0.05, 0.1) is 0 Å². The minimum Gasteiger partial charge on any atom is -0.456 e. The predicted octanol–water partition coefficient (Wildman–Crippen LogP) is 16.0. The topological polar surface area (TPSA) is 12.5 Å². The van der Waals surface area contributed by atoms with E-state index in [1.807, 2.05) is 0 Å². The lowest BCUT2D eigenvalue weighted by atomic mass is 9.82. The maximum atomic E-state index is 7.17. The zero-order valence-corrected chi connectivity index (χ0v) is 34.3. The molecule has 3 aliphatic rings. The molecule has 286 valence electrons. The summed E-state index contributed by atoms with van der Waals surface area (Å²) in [5.41, 5.74) is 20.6. The average molecular weight is 770 g/mol. The van der Waals surface area contributed by atoms with Gasteiger partial charge in [0, 0.05) is 45.1 Å². The minimum atomic E-state index is -0.140. The molecule has 0 atom stereocenters. The van der Waals surface area contributed by atoms with E-state index in [0.29, 0.717) is 0 Å². The molecule has 60 heavy (non-hydrogen) atoms. The highest BCUT2D eigenvalue weighted by molar-refractivity contribution is 5.99. The Morgan fingerprint density at radius 3 is 1.43 bits per heavy atom. The number of hydrogen-bond donors (Lipinski definition) is 0. The zero-order valence-electron chi connectivity index (χ0n) is 34.3. The lowest BCUT2D eigenvalue weighted by Gasteiger charge is -2.30. The molecule has 1 heterocycles. The van der Waals surface area contributed by atoms with Gasteiger partial charge in [-0.25, -0.2) is 0 Å². The Balaban J connectivity index is 1.08. The van der Waals surface area contributed by atoms with Crippen LogP contribution in [0.4, 0.5) is 17.1 Å². The quantitative estimate of drug-likeness (QED) is 0.177. The largest absolute Gasteiger partial charge is 0.456 e. The van der Waals surface area contributed by atoms with Gasteiger partial charge >= 0.3 is 0 Å². The van der Waals surface area contributed by atoms with E-state index < -0.39 is 0 Å². The maximum Gasteiger partial charge on any atom is 0.137 e. The highest BCUT2D eigenvalue weighted by Crippen LogP contribution is 2.55. The molecule has 12 rings (SSSR count). The Labute approximate surface area is 352 Å². The van der Waals surface area contributed by atoms with Crippen LogP contribution in [0, 0.1) is 0 Å². The normalized spacial score (nSPS) is 14.4.